The fourth-order valence-electron chi connectivity index (χ4n) is 2.42. The largest absolute Gasteiger partial charge is 0.480 e. The molecule has 1 atom stereocenters. The van der Waals surface area contributed by atoms with E-state index >= 15 is 0 Å². The van der Waals surface area contributed by atoms with Gasteiger partial charge in [0.25, 0.3) is 5.91 Å². The van der Waals surface area contributed by atoms with Crippen LogP contribution in [0.2, 0.25) is 0 Å². The van der Waals surface area contributed by atoms with Crippen molar-refractivity contribution in [1.29, 1.82) is 0 Å². The van der Waals surface area contributed by atoms with Crippen LogP contribution in [0.1, 0.15) is 30.3 Å². The van der Waals surface area contributed by atoms with Gasteiger partial charge in [-0.25, -0.2) is 9.78 Å². The molecule has 1 aromatic rings. The number of carboxylic acids is 1. The van der Waals surface area contributed by atoms with Gasteiger partial charge in [0.15, 0.2) is 6.61 Å². The Kier molecular flexibility index (Phi) is 4.49. The normalized spacial score (nSPS) is 21.3. The van der Waals surface area contributed by atoms with Gasteiger partial charge in [-0.2, -0.15) is 13.2 Å². The Bertz CT molecular complexity index is 620. The number of hydrogen-bond acceptors (Lipinski definition) is 4. The molecule has 0 saturated carbocycles. The van der Waals surface area contributed by atoms with Crippen LogP contribution in [0.15, 0.2) is 18.2 Å². The van der Waals surface area contributed by atoms with E-state index in [4.69, 9.17) is 0 Å². The molecular weight excluding hydrogens is 317 g/mol. The summed E-state index contributed by atoms with van der Waals surface area (Å²) in [6.45, 7) is 0.162. The number of halogens is 3. The Hall–Kier alpha value is -2.32. The lowest BCUT2D eigenvalue weighted by Gasteiger charge is -2.30. The minimum Gasteiger partial charge on any atom is -0.480 e. The van der Waals surface area contributed by atoms with Crippen LogP contribution >= 0.6 is 0 Å². The second kappa shape index (κ2) is 6.05. The monoisotopic (exact) mass is 332 g/mol. The molecule has 1 fully saturated rings. The molecule has 2 heterocycles. The molecule has 126 valence electrons. The molecule has 2 rings (SSSR count). The summed E-state index contributed by atoms with van der Waals surface area (Å²) in [6.07, 6.45) is -3.68. The van der Waals surface area contributed by atoms with Crippen molar-refractivity contribution in [3.63, 3.8) is 0 Å². The van der Waals surface area contributed by atoms with Gasteiger partial charge < -0.3 is 14.7 Å². The number of aromatic nitrogens is 1. The molecule has 0 bridgehead atoms. The third-order valence-electron chi connectivity index (χ3n) is 3.67. The molecule has 1 unspecified atom stereocenters. The fraction of sp³-hybridized carbons (Fsp3) is 0.500. The van der Waals surface area contributed by atoms with E-state index in [2.05, 4.69) is 9.72 Å². The number of nitrogens with zero attached hydrogens (tertiary/aromatic N) is 2. The van der Waals surface area contributed by atoms with Crippen molar-refractivity contribution in [3.8, 4) is 5.88 Å². The summed E-state index contributed by atoms with van der Waals surface area (Å²) in [7, 11) is 0. The van der Waals surface area contributed by atoms with Crippen LogP contribution in [0, 0.1) is 0 Å². The summed E-state index contributed by atoms with van der Waals surface area (Å²) in [6, 6.07) is 3.84. The Morgan fingerprint density at radius 2 is 2.13 bits per heavy atom. The van der Waals surface area contributed by atoms with Gasteiger partial charge in [-0.1, -0.05) is 6.07 Å². The maximum Gasteiger partial charge on any atom is 0.422 e. The number of likely N-dealkylation sites (tertiary alicyclic amines) is 1. The maximum atomic E-state index is 12.4. The number of pyridine rings is 1. The van der Waals surface area contributed by atoms with Crippen LogP contribution in [0.3, 0.4) is 0 Å². The van der Waals surface area contributed by atoms with Crippen LogP contribution < -0.4 is 4.74 Å². The quantitative estimate of drug-likeness (QED) is 0.913. The second-order valence-corrected chi connectivity index (χ2v) is 5.40. The average Bonchev–Trinajstić information content (AvgIpc) is 2.87. The number of carbonyl (C=O) groups excluding carboxylic acids is 1. The number of rotatable bonds is 4. The molecule has 0 spiro atoms. The average molecular weight is 332 g/mol. The summed E-state index contributed by atoms with van der Waals surface area (Å²) in [5.41, 5.74) is -1.50. The molecule has 1 N–H and O–H groups in total. The molecule has 1 aliphatic rings. The molecule has 9 heteroatoms. The van der Waals surface area contributed by atoms with Crippen LogP contribution in [-0.4, -0.2) is 51.7 Å². The molecule has 0 aromatic carbocycles. The summed E-state index contributed by atoms with van der Waals surface area (Å²) in [5, 5.41) is 9.30. The molecule has 1 aliphatic heterocycles. The van der Waals surface area contributed by atoms with Gasteiger partial charge in [-0.05, 0) is 25.8 Å². The van der Waals surface area contributed by atoms with E-state index in [9.17, 15) is 27.9 Å². The standard InChI is InChI=1S/C14H15F3N2O4/c1-13(12(21)22)6-3-7-19(13)11(20)9-4-2-5-10(18-9)23-8-14(15,16)17/h2,4-5H,3,6-8H2,1H3,(H,21,22). The molecule has 23 heavy (non-hydrogen) atoms. The van der Waals surface area contributed by atoms with E-state index in [0.717, 1.165) is 0 Å². The van der Waals surface area contributed by atoms with E-state index in [0.29, 0.717) is 12.8 Å². The minimum absolute atomic E-state index is 0.154. The van der Waals surface area contributed by atoms with Crippen LogP contribution in [0.5, 0.6) is 5.88 Å². The smallest absolute Gasteiger partial charge is 0.422 e. The first-order valence-corrected chi connectivity index (χ1v) is 6.85. The highest BCUT2D eigenvalue weighted by Crippen LogP contribution is 2.30. The Morgan fingerprint density at radius 3 is 2.74 bits per heavy atom. The number of aliphatic carboxylic acids is 1. The van der Waals surface area contributed by atoms with Crippen LogP contribution in [-0.2, 0) is 4.79 Å². The Labute approximate surface area is 129 Å². The van der Waals surface area contributed by atoms with Crippen LogP contribution in [0.25, 0.3) is 0 Å². The van der Waals surface area contributed by atoms with E-state index in [1.54, 1.807) is 0 Å². The molecule has 1 aromatic heterocycles. The highest BCUT2D eigenvalue weighted by molar-refractivity contribution is 5.96. The van der Waals surface area contributed by atoms with E-state index in [1.165, 1.54) is 30.0 Å². The second-order valence-electron chi connectivity index (χ2n) is 5.40. The third-order valence-corrected chi connectivity index (χ3v) is 3.67. The Balaban J connectivity index is 2.18. The van der Waals surface area contributed by atoms with Gasteiger partial charge in [-0.3, -0.25) is 4.79 Å². The molecule has 1 saturated heterocycles. The molecule has 6 nitrogen and oxygen atoms in total. The van der Waals surface area contributed by atoms with Crippen molar-refractivity contribution in [2.45, 2.75) is 31.5 Å². The lowest BCUT2D eigenvalue weighted by molar-refractivity contribution is -0.154. The number of amides is 1. The zero-order chi connectivity index (χ0) is 17.3. The number of carbonyl (C=O) groups is 2. The summed E-state index contributed by atoms with van der Waals surface area (Å²) in [5.74, 6) is -2.12. The fourth-order valence-corrected chi connectivity index (χ4v) is 2.42. The first-order valence-electron chi connectivity index (χ1n) is 6.85. The zero-order valence-electron chi connectivity index (χ0n) is 12.3. The SMILES string of the molecule is CC1(C(=O)O)CCCN1C(=O)c1cccc(OCC(F)(F)F)n1. The van der Waals surface area contributed by atoms with Crippen molar-refractivity contribution >= 4 is 11.9 Å². The molecule has 0 radical (unpaired) electrons. The number of carboxylic acid groups (broad SMARTS) is 1. The van der Waals surface area contributed by atoms with Crippen molar-refractivity contribution < 1.29 is 32.6 Å². The minimum atomic E-state index is -4.52. The third kappa shape index (κ3) is 3.72. The molecule has 0 aliphatic carbocycles. The number of ether oxygens (including phenoxy) is 1. The van der Waals surface area contributed by atoms with Crippen molar-refractivity contribution in [1.82, 2.24) is 9.88 Å². The van der Waals surface area contributed by atoms with Gasteiger partial charge in [0.05, 0.1) is 0 Å². The molecule has 1 amide bonds. The number of hydrogen-bond donors (Lipinski definition) is 1. The zero-order valence-corrected chi connectivity index (χ0v) is 12.3. The van der Waals surface area contributed by atoms with Gasteiger partial charge in [0.1, 0.15) is 11.2 Å². The predicted molar refractivity (Wildman–Crippen MR) is 72.1 cm³/mol. The van der Waals surface area contributed by atoms with Crippen LogP contribution in [0.4, 0.5) is 13.2 Å². The van der Waals surface area contributed by atoms with Crippen molar-refractivity contribution in [2.24, 2.45) is 0 Å². The van der Waals surface area contributed by atoms with Gasteiger partial charge >= 0.3 is 12.1 Å². The first-order chi connectivity index (χ1) is 10.6. The van der Waals surface area contributed by atoms with E-state index in [-0.39, 0.29) is 18.1 Å². The summed E-state index contributed by atoms with van der Waals surface area (Å²) >= 11 is 0. The summed E-state index contributed by atoms with van der Waals surface area (Å²) in [4.78, 5) is 28.7. The van der Waals surface area contributed by atoms with E-state index < -0.39 is 30.2 Å². The topological polar surface area (TPSA) is 79.7 Å². The lowest BCUT2D eigenvalue weighted by atomic mass is 9.99. The maximum absolute atomic E-state index is 12.4. The van der Waals surface area contributed by atoms with Crippen molar-refractivity contribution in [3.05, 3.63) is 23.9 Å². The van der Waals surface area contributed by atoms with E-state index in [1.807, 2.05) is 0 Å². The van der Waals surface area contributed by atoms with Gasteiger partial charge in [-0.15, -0.1) is 0 Å². The summed E-state index contributed by atoms with van der Waals surface area (Å²) < 4.78 is 40.9. The van der Waals surface area contributed by atoms with Gasteiger partial charge in [0, 0.05) is 12.6 Å². The predicted octanol–water partition coefficient (Wildman–Crippen LogP) is 2.10. The number of alkyl halides is 3. The Morgan fingerprint density at radius 1 is 1.43 bits per heavy atom. The lowest BCUT2D eigenvalue weighted by Crippen LogP contribution is -2.50. The van der Waals surface area contributed by atoms with Crippen molar-refractivity contribution in [2.75, 3.05) is 13.2 Å². The molecular formula is C14H15F3N2O4. The van der Waals surface area contributed by atoms with Gasteiger partial charge in [0.2, 0.25) is 5.88 Å². The first kappa shape index (κ1) is 17.0. The highest BCUT2D eigenvalue weighted by Gasteiger charge is 2.46. The highest BCUT2D eigenvalue weighted by atomic mass is 19.4.